The molecule has 32 heavy (non-hydrogen) atoms. The Labute approximate surface area is 193 Å². The molecule has 0 aliphatic rings. The molecule has 160 valence electrons. The van der Waals surface area contributed by atoms with E-state index in [-0.39, 0.29) is 5.69 Å². The summed E-state index contributed by atoms with van der Waals surface area (Å²) in [6, 6.07) is 20.5. The maximum absolute atomic E-state index is 7.71. The molecule has 3 nitrogen and oxygen atoms in total. The fourth-order valence-corrected chi connectivity index (χ4v) is 4.48. The standard InChI is InChI=1S/C29H29N2O/c1-18(2)15-21-7-6-8-22(16-21)23-13-14-31(5)26(17-23)27-19(3)9-11-24-25-12-10-20(4)30-29(25)32-28(24)27/h6-14,16-18H,15H2,1-5H3/q+1/i4D3. The summed E-state index contributed by atoms with van der Waals surface area (Å²) in [7, 11) is 2.03. The van der Waals surface area contributed by atoms with E-state index in [1.165, 1.54) is 11.1 Å². The zero-order chi connectivity index (χ0) is 24.9. The normalized spacial score (nSPS) is 13.5. The number of hydrogen-bond donors (Lipinski definition) is 0. The molecule has 0 saturated carbocycles. The van der Waals surface area contributed by atoms with Crippen molar-refractivity contribution in [1.29, 1.82) is 0 Å². The van der Waals surface area contributed by atoms with E-state index in [0.717, 1.165) is 45.2 Å². The largest absolute Gasteiger partial charge is 0.437 e. The lowest BCUT2D eigenvalue weighted by atomic mass is 9.96. The van der Waals surface area contributed by atoms with Crippen molar-refractivity contribution in [2.24, 2.45) is 13.0 Å². The molecule has 0 atom stereocenters. The maximum atomic E-state index is 7.71. The number of hydrogen-bond acceptors (Lipinski definition) is 2. The Hall–Kier alpha value is -3.46. The van der Waals surface area contributed by atoms with E-state index in [2.05, 4.69) is 79.0 Å². The molecule has 0 aliphatic carbocycles. The van der Waals surface area contributed by atoms with Gasteiger partial charge in [-0.25, -0.2) is 9.55 Å². The van der Waals surface area contributed by atoms with Gasteiger partial charge in [0.1, 0.15) is 7.05 Å². The van der Waals surface area contributed by atoms with Gasteiger partial charge in [0.2, 0.25) is 11.4 Å². The summed E-state index contributed by atoms with van der Waals surface area (Å²) in [4.78, 5) is 4.33. The molecule has 0 bridgehead atoms. The van der Waals surface area contributed by atoms with Crippen LogP contribution in [0.15, 0.2) is 71.3 Å². The third-order valence-corrected chi connectivity index (χ3v) is 6.03. The molecule has 2 aromatic carbocycles. The van der Waals surface area contributed by atoms with Crippen LogP contribution in [-0.4, -0.2) is 4.98 Å². The summed E-state index contributed by atoms with van der Waals surface area (Å²) in [5.41, 5.74) is 7.84. The van der Waals surface area contributed by atoms with Gasteiger partial charge < -0.3 is 4.42 Å². The van der Waals surface area contributed by atoms with Crippen molar-refractivity contribution in [3.63, 3.8) is 0 Å². The molecule has 0 radical (unpaired) electrons. The number of pyridine rings is 2. The van der Waals surface area contributed by atoms with Crippen molar-refractivity contribution in [2.75, 3.05) is 0 Å². The summed E-state index contributed by atoms with van der Waals surface area (Å²) >= 11 is 0. The van der Waals surface area contributed by atoms with Gasteiger partial charge in [-0.3, -0.25) is 0 Å². The second kappa shape index (κ2) is 7.90. The number of fused-ring (bicyclic) bond motifs is 3. The van der Waals surface area contributed by atoms with E-state index in [1.54, 1.807) is 12.1 Å². The minimum Gasteiger partial charge on any atom is -0.437 e. The highest BCUT2D eigenvalue weighted by Gasteiger charge is 2.21. The van der Waals surface area contributed by atoms with Crippen LogP contribution >= 0.6 is 0 Å². The SMILES string of the molecule is [2H]C([2H])([2H])c1ccc2c(n1)oc1c(-c3cc(-c4cccc(CC(C)C)c4)cc[n+]3C)c(C)ccc12. The van der Waals surface area contributed by atoms with Crippen molar-refractivity contribution in [3.05, 3.63) is 83.7 Å². The molecule has 3 heteroatoms. The molecule has 0 unspecified atom stereocenters. The molecule has 3 heterocycles. The monoisotopic (exact) mass is 424 g/mol. The third-order valence-electron chi connectivity index (χ3n) is 6.03. The van der Waals surface area contributed by atoms with E-state index < -0.39 is 6.85 Å². The smallest absolute Gasteiger partial charge is 0.227 e. The summed E-state index contributed by atoms with van der Waals surface area (Å²) < 4.78 is 31.5. The minimum absolute atomic E-state index is 0.0381. The van der Waals surface area contributed by atoms with E-state index in [4.69, 9.17) is 8.53 Å². The van der Waals surface area contributed by atoms with E-state index in [9.17, 15) is 0 Å². The van der Waals surface area contributed by atoms with Crippen LogP contribution in [0.25, 0.3) is 44.5 Å². The van der Waals surface area contributed by atoms with Crippen LogP contribution in [0.1, 0.15) is 34.8 Å². The summed E-state index contributed by atoms with van der Waals surface area (Å²) in [6.07, 6.45) is 3.12. The Morgan fingerprint density at radius 2 is 1.81 bits per heavy atom. The highest BCUT2D eigenvalue weighted by molar-refractivity contribution is 6.08. The van der Waals surface area contributed by atoms with Gasteiger partial charge in [0.05, 0.1) is 5.56 Å². The van der Waals surface area contributed by atoms with Gasteiger partial charge in [-0.15, -0.1) is 0 Å². The van der Waals surface area contributed by atoms with Gasteiger partial charge in [0.25, 0.3) is 0 Å². The van der Waals surface area contributed by atoms with Crippen LogP contribution in [0.5, 0.6) is 0 Å². The maximum Gasteiger partial charge on any atom is 0.227 e. The zero-order valence-corrected chi connectivity index (χ0v) is 18.9. The Bertz CT molecular complexity index is 1560. The van der Waals surface area contributed by atoms with Gasteiger partial charge in [-0.05, 0) is 60.5 Å². The highest BCUT2D eigenvalue weighted by Crippen LogP contribution is 2.37. The molecule has 3 aromatic heterocycles. The third kappa shape index (κ3) is 3.58. The lowest BCUT2D eigenvalue weighted by Crippen LogP contribution is -2.30. The number of rotatable bonds is 4. The number of nitrogens with zero attached hydrogens (tertiary/aromatic N) is 2. The molecule has 0 saturated heterocycles. The number of furan rings is 1. The fourth-order valence-electron chi connectivity index (χ4n) is 4.48. The van der Waals surface area contributed by atoms with Gasteiger partial charge in [-0.2, -0.15) is 0 Å². The summed E-state index contributed by atoms with van der Waals surface area (Å²) in [5.74, 6) is 0.599. The van der Waals surface area contributed by atoms with E-state index in [1.807, 2.05) is 13.1 Å². The van der Waals surface area contributed by atoms with Crippen LogP contribution in [0.4, 0.5) is 0 Å². The Morgan fingerprint density at radius 1 is 1.00 bits per heavy atom. The lowest BCUT2D eigenvalue weighted by Gasteiger charge is -2.10. The lowest BCUT2D eigenvalue weighted by molar-refractivity contribution is -0.660. The van der Waals surface area contributed by atoms with Crippen molar-refractivity contribution in [1.82, 2.24) is 4.98 Å². The van der Waals surface area contributed by atoms with E-state index >= 15 is 0 Å². The fraction of sp³-hybridized carbons (Fsp3) is 0.241. The average Bonchev–Trinajstić information content (AvgIpc) is 3.16. The molecule has 0 amide bonds. The number of aryl methyl sites for hydroxylation is 3. The van der Waals surface area contributed by atoms with Gasteiger partial charge in [0.15, 0.2) is 11.8 Å². The first-order valence-electron chi connectivity index (χ1n) is 12.5. The molecule has 0 aliphatic heterocycles. The van der Waals surface area contributed by atoms with Crippen molar-refractivity contribution >= 4 is 22.1 Å². The average molecular weight is 425 g/mol. The summed E-state index contributed by atoms with van der Waals surface area (Å²) in [5, 5.41) is 1.74. The minimum atomic E-state index is -2.28. The highest BCUT2D eigenvalue weighted by atomic mass is 16.3. The van der Waals surface area contributed by atoms with Crippen LogP contribution in [0, 0.1) is 19.7 Å². The summed E-state index contributed by atoms with van der Waals surface area (Å²) in [6.45, 7) is 4.26. The first kappa shape index (κ1) is 17.1. The Kier molecular flexibility index (Phi) is 4.23. The second-order valence-corrected chi connectivity index (χ2v) is 9.00. The van der Waals surface area contributed by atoms with Gasteiger partial charge >= 0.3 is 0 Å². The Balaban J connectivity index is 1.69. The second-order valence-electron chi connectivity index (χ2n) is 9.00. The topological polar surface area (TPSA) is 29.9 Å². The first-order chi connectivity index (χ1) is 16.6. The predicted molar refractivity (Wildman–Crippen MR) is 132 cm³/mol. The quantitative estimate of drug-likeness (QED) is 0.292. The van der Waals surface area contributed by atoms with Crippen LogP contribution in [-0.2, 0) is 13.5 Å². The first-order valence-corrected chi connectivity index (χ1v) is 11.0. The van der Waals surface area contributed by atoms with Gasteiger partial charge in [0, 0.05) is 32.7 Å². The van der Waals surface area contributed by atoms with Crippen molar-refractivity contribution in [3.8, 4) is 22.4 Å². The molecule has 0 N–H and O–H groups in total. The molecule has 0 spiro atoms. The predicted octanol–water partition coefficient (Wildman–Crippen LogP) is 6.95. The van der Waals surface area contributed by atoms with Crippen LogP contribution in [0.2, 0.25) is 0 Å². The number of aromatic nitrogens is 2. The van der Waals surface area contributed by atoms with Crippen LogP contribution < -0.4 is 4.57 Å². The van der Waals surface area contributed by atoms with E-state index in [0.29, 0.717) is 11.6 Å². The zero-order valence-electron chi connectivity index (χ0n) is 21.9. The van der Waals surface area contributed by atoms with Crippen molar-refractivity contribution in [2.45, 2.75) is 34.0 Å². The van der Waals surface area contributed by atoms with Gasteiger partial charge in [-0.1, -0.05) is 50.2 Å². The molecule has 5 aromatic rings. The Morgan fingerprint density at radius 3 is 2.62 bits per heavy atom. The number of benzene rings is 2. The van der Waals surface area contributed by atoms with Crippen LogP contribution in [0.3, 0.4) is 0 Å². The molecular formula is C29H29N2O+. The molecule has 0 fully saturated rings. The van der Waals surface area contributed by atoms with Crippen molar-refractivity contribution < 1.29 is 13.1 Å². The molecular weight excluding hydrogens is 392 g/mol. The molecule has 5 rings (SSSR count).